The highest BCUT2D eigenvalue weighted by Gasteiger charge is 1.97. The lowest BCUT2D eigenvalue weighted by atomic mass is 10.2. The van der Waals surface area contributed by atoms with E-state index < -0.39 is 0 Å². The zero-order chi connectivity index (χ0) is 14.0. The Bertz CT molecular complexity index is 504. The summed E-state index contributed by atoms with van der Waals surface area (Å²) in [6.07, 6.45) is 12.0. The molecule has 2 aromatic heterocycles. The second kappa shape index (κ2) is 8.09. The van der Waals surface area contributed by atoms with E-state index in [2.05, 4.69) is 19.5 Å². The molecule has 0 spiro atoms. The van der Waals surface area contributed by atoms with Gasteiger partial charge in [-0.15, -0.1) is 0 Å². The van der Waals surface area contributed by atoms with Crippen LogP contribution in [0.2, 0.25) is 0 Å². The van der Waals surface area contributed by atoms with E-state index in [0.29, 0.717) is 5.84 Å². The molecule has 2 aromatic rings. The highest BCUT2D eigenvalue weighted by molar-refractivity contribution is 5.95. The molecule has 0 saturated heterocycles. The number of aromatic nitrogens is 3. The molecular weight excluding hydrogens is 250 g/mol. The van der Waals surface area contributed by atoms with Crippen molar-refractivity contribution >= 4 is 5.84 Å². The first-order valence-corrected chi connectivity index (χ1v) is 7.03. The van der Waals surface area contributed by atoms with E-state index in [1.165, 1.54) is 19.3 Å². The van der Waals surface area contributed by atoms with Crippen LogP contribution >= 0.6 is 0 Å². The van der Waals surface area contributed by atoms with Gasteiger partial charge in [0.25, 0.3) is 0 Å². The summed E-state index contributed by atoms with van der Waals surface area (Å²) in [5.41, 5.74) is 6.63. The summed E-state index contributed by atoms with van der Waals surface area (Å²) in [5, 5.41) is 0. The van der Waals surface area contributed by atoms with E-state index in [1.807, 2.05) is 36.9 Å². The molecular formula is C15H21N5. The van der Waals surface area contributed by atoms with Gasteiger partial charge in [-0.25, -0.2) is 4.98 Å². The molecule has 0 aliphatic rings. The van der Waals surface area contributed by atoms with Crippen LogP contribution in [0.25, 0.3) is 0 Å². The molecule has 5 nitrogen and oxygen atoms in total. The zero-order valence-corrected chi connectivity index (χ0v) is 11.7. The van der Waals surface area contributed by atoms with Crippen molar-refractivity contribution in [3.63, 3.8) is 0 Å². The van der Waals surface area contributed by atoms with Gasteiger partial charge in [0.2, 0.25) is 0 Å². The maximum Gasteiger partial charge on any atom is 0.144 e. The van der Waals surface area contributed by atoms with Crippen LogP contribution in [-0.2, 0) is 6.54 Å². The molecule has 2 rings (SSSR count). The minimum Gasteiger partial charge on any atom is -0.382 e. The van der Waals surface area contributed by atoms with Crippen LogP contribution in [0.5, 0.6) is 0 Å². The molecule has 106 valence electrons. The number of rotatable bonds is 8. The van der Waals surface area contributed by atoms with Gasteiger partial charge in [-0.1, -0.05) is 18.9 Å². The Balaban J connectivity index is 1.57. The number of nitrogens with two attached hydrogens (primary N) is 1. The van der Waals surface area contributed by atoms with E-state index in [1.54, 1.807) is 6.20 Å². The van der Waals surface area contributed by atoms with Crippen LogP contribution in [0.4, 0.5) is 0 Å². The lowest BCUT2D eigenvalue weighted by Crippen LogP contribution is -2.15. The molecule has 20 heavy (non-hydrogen) atoms. The highest BCUT2D eigenvalue weighted by Crippen LogP contribution is 2.03. The van der Waals surface area contributed by atoms with E-state index in [9.17, 15) is 0 Å². The number of unbranched alkanes of at least 4 members (excludes halogenated alkanes) is 3. The summed E-state index contributed by atoms with van der Waals surface area (Å²) in [6.45, 7) is 1.81. The van der Waals surface area contributed by atoms with Gasteiger partial charge in [0.05, 0.1) is 6.33 Å². The Morgan fingerprint density at radius 1 is 1.15 bits per heavy atom. The van der Waals surface area contributed by atoms with E-state index >= 15 is 0 Å². The number of pyridine rings is 1. The van der Waals surface area contributed by atoms with Crippen molar-refractivity contribution in [2.24, 2.45) is 10.7 Å². The topological polar surface area (TPSA) is 69.1 Å². The van der Waals surface area contributed by atoms with Gasteiger partial charge in [0.1, 0.15) is 11.5 Å². The molecule has 5 heteroatoms. The van der Waals surface area contributed by atoms with Crippen molar-refractivity contribution in [3.05, 3.63) is 48.8 Å². The Kier molecular flexibility index (Phi) is 5.76. The molecule has 0 radical (unpaired) electrons. The number of aliphatic imine (C=N–C) groups is 1. The summed E-state index contributed by atoms with van der Waals surface area (Å²) < 4.78 is 2.11. The summed E-state index contributed by atoms with van der Waals surface area (Å²) in [7, 11) is 0. The lowest BCUT2D eigenvalue weighted by molar-refractivity contribution is 0.575. The fraction of sp³-hybridized carbons (Fsp3) is 0.400. The summed E-state index contributed by atoms with van der Waals surface area (Å²) in [6, 6.07) is 5.67. The number of hydrogen-bond donors (Lipinski definition) is 1. The first kappa shape index (κ1) is 14.2. The number of imidazole rings is 1. The van der Waals surface area contributed by atoms with Crippen LogP contribution in [0, 0.1) is 0 Å². The quantitative estimate of drug-likeness (QED) is 0.455. The van der Waals surface area contributed by atoms with Crippen LogP contribution in [0.1, 0.15) is 31.4 Å². The predicted octanol–water partition coefficient (Wildman–Crippen LogP) is 2.24. The lowest BCUT2D eigenvalue weighted by Gasteiger charge is -2.02. The summed E-state index contributed by atoms with van der Waals surface area (Å²) in [5.74, 6) is 0.531. The minimum atomic E-state index is 0.531. The molecule has 0 bridgehead atoms. The van der Waals surface area contributed by atoms with E-state index in [-0.39, 0.29) is 0 Å². The van der Waals surface area contributed by atoms with Crippen LogP contribution in [0.15, 0.2) is 48.1 Å². The van der Waals surface area contributed by atoms with Gasteiger partial charge >= 0.3 is 0 Å². The third-order valence-corrected chi connectivity index (χ3v) is 3.09. The van der Waals surface area contributed by atoms with Crippen molar-refractivity contribution in [1.82, 2.24) is 14.5 Å². The maximum atomic E-state index is 5.88. The normalized spacial score (nSPS) is 11.7. The molecule has 2 N–H and O–H groups in total. The second-order valence-corrected chi connectivity index (χ2v) is 4.70. The van der Waals surface area contributed by atoms with Gasteiger partial charge in [-0.05, 0) is 25.0 Å². The fourth-order valence-corrected chi connectivity index (χ4v) is 1.97. The standard InChI is InChI=1S/C15H21N5/c16-15(14-7-3-5-8-18-14)19-9-4-1-2-6-11-20-12-10-17-13-20/h3,5,7-8,10,12-13H,1-2,4,6,9,11H2,(H2,16,19). The highest BCUT2D eigenvalue weighted by atomic mass is 15.0. The molecule has 0 fully saturated rings. The zero-order valence-electron chi connectivity index (χ0n) is 11.7. The van der Waals surface area contributed by atoms with Crippen molar-refractivity contribution in [2.75, 3.05) is 6.54 Å². The SMILES string of the molecule is NC(=NCCCCCCn1ccnc1)c1ccccn1. The van der Waals surface area contributed by atoms with Crippen LogP contribution < -0.4 is 5.73 Å². The number of nitrogens with zero attached hydrogens (tertiary/aromatic N) is 4. The molecule has 0 amide bonds. The number of hydrogen-bond acceptors (Lipinski definition) is 3. The third-order valence-electron chi connectivity index (χ3n) is 3.09. The van der Waals surface area contributed by atoms with Gasteiger partial charge in [-0.3, -0.25) is 9.98 Å². The van der Waals surface area contributed by atoms with Gasteiger partial charge < -0.3 is 10.3 Å². The molecule has 0 atom stereocenters. The molecule has 0 aliphatic heterocycles. The molecule has 0 aliphatic carbocycles. The first-order chi connectivity index (χ1) is 9.86. The molecule has 0 aromatic carbocycles. The maximum absolute atomic E-state index is 5.88. The minimum absolute atomic E-state index is 0.531. The average molecular weight is 271 g/mol. The smallest absolute Gasteiger partial charge is 0.144 e. The van der Waals surface area contributed by atoms with Crippen molar-refractivity contribution < 1.29 is 0 Å². The largest absolute Gasteiger partial charge is 0.382 e. The van der Waals surface area contributed by atoms with Crippen molar-refractivity contribution in [2.45, 2.75) is 32.2 Å². The Hall–Kier alpha value is -2.17. The fourth-order valence-electron chi connectivity index (χ4n) is 1.97. The number of aryl methyl sites for hydroxylation is 1. The molecule has 2 heterocycles. The summed E-state index contributed by atoms with van der Waals surface area (Å²) >= 11 is 0. The summed E-state index contributed by atoms with van der Waals surface area (Å²) in [4.78, 5) is 12.6. The Labute approximate surface area is 119 Å². The van der Waals surface area contributed by atoms with Crippen molar-refractivity contribution in [1.29, 1.82) is 0 Å². The first-order valence-electron chi connectivity index (χ1n) is 7.03. The second-order valence-electron chi connectivity index (χ2n) is 4.70. The van der Waals surface area contributed by atoms with Crippen LogP contribution in [-0.4, -0.2) is 26.9 Å². The third kappa shape index (κ3) is 4.84. The molecule has 0 saturated carbocycles. The predicted molar refractivity (Wildman–Crippen MR) is 80.5 cm³/mol. The van der Waals surface area contributed by atoms with Crippen molar-refractivity contribution in [3.8, 4) is 0 Å². The number of amidine groups is 1. The van der Waals surface area contributed by atoms with Gasteiger partial charge in [0.15, 0.2) is 0 Å². The van der Waals surface area contributed by atoms with Gasteiger partial charge in [0, 0.05) is 31.7 Å². The average Bonchev–Trinajstić information content (AvgIpc) is 3.00. The van der Waals surface area contributed by atoms with Gasteiger partial charge in [-0.2, -0.15) is 0 Å². The van der Waals surface area contributed by atoms with Crippen LogP contribution in [0.3, 0.4) is 0 Å². The van der Waals surface area contributed by atoms with E-state index in [0.717, 1.165) is 25.2 Å². The Morgan fingerprint density at radius 2 is 2.05 bits per heavy atom. The Morgan fingerprint density at radius 3 is 2.80 bits per heavy atom. The molecule has 0 unspecified atom stereocenters. The monoisotopic (exact) mass is 271 g/mol. The van der Waals surface area contributed by atoms with E-state index in [4.69, 9.17) is 5.73 Å².